The Balaban J connectivity index is 3.22. The second-order valence-corrected chi connectivity index (χ2v) is 5.40. The molecular weight excluding hydrogens is 282 g/mol. The summed E-state index contributed by atoms with van der Waals surface area (Å²) in [5, 5.41) is 20.5. The lowest BCUT2D eigenvalue weighted by atomic mass is 10.1. The maximum absolute atomic E-state index is 12.3. The zero-order valence-corrected chi connectivity index (χ0v) is 13.6. The lowest BCUT2D eigenvalue weighted by molar-refractivity contribution is -0.295. The summed E-state index contributed by atoms with van der Waals surface area (Å²) in [4.78, 5) is 6.21. The van der Waals surface area contributed by atoms with Crippen molar-refractivity contribution in [2.75, 3.05) is 20.4 Å². The first-order valence-electron chi connectivity index (χ1n) is 6.45. The number of hydrogen-bond donors (Lipinski definition) is 1. The van der Waals surface area contributed by atoms with Gasteiger partial charge in [-0.1, -0.05) is 30.0 Å². The highest BCUT2D eigenvalue weighted by atomic mass is 32.2. The van der Waals surface area contributed by atoms with Gasteiger partial charge >= 0.3 is 0 Å². The number of aliphatic imine (C=N–C) groups is 1. The Morgan fingerprint density at radius 2 is 1.90 bits per heavy atom. The van der Waals surface area contributed by atoms with Crippen LogP contribution in [0.3, 0.4) is 0 Å². The van der Waals surface area contributed by atoms with Crippen molar-refractivity contribution < 1.29 is 5.11 Å². The van der Waals surface area contributed by atoms with Crippen LogP contribution in [-0.2, 0) is 0 Å². The molecule has 0 radical (unpaired) electrons. The Morgan fingerprint density at radius 3 is 2.43 bits per heavy atom. The zero-order chi connectivity index (χ0) is 15.8. The molecule has 0 amide bonds. The van der Waals surface area contributed by atoms with Gasteiger partial charge in [-0.15, -0.1) is 11.8 Å². The van der Waals surface area contributed by atoms with Crippen LogP contribution in [0, 0.1) is 5.41 Å². The van der Waals surface area contributed by atoms with Gasteiger partial charge in [0.05, 0.1) is 10.7 Å². The minimum atomic E-state index is -0.208. The number of para-hydroxylation sites is 1. The second kappa shape index (κ2) is 8.32. The average Bonchev–Trinajstić information content (AvgIpc) is 2.46. The lowest BCUT2D eigenvalue weighted by Crippen LogP contribution is -2.16. The maximum atomic E-state index is 12.3. The topological polar surface area (TPSA) is 62.5 Å². The summed E-state index contributed by atoms with van der Waals surface area (Å²) in [6.07, 6.45) is 4.91. The van der Waals surface area contributed by atoms with Gasteiger partial charge in [0.15, 0.2) is 0 Å². The number of benzene rings is 1. The minimum Gasteiger partial charge on any atom is -0.872 e. The third-order valence-corrected chi connectivity index (χ3v) is 3.23. The molecule has 0 aliphatic rings. The summed E-state index contributed by atoms with van der Waals surface area (Å²) in [5.41, 5.74) is 1.66. The van der Waals surface area contributed by atoms with Crippen LogP contribution in [0.25, 0.3) is 0 Å². The van der Waals surface area contributed by atoms with Crippen molar-refractivity contribution in [3.05, 3.63) is 53.9 Å². The van der Waals surface area contributed by atoms with Crippen LogP contribution < -0.4 is 5.11 Å². The third kappa shape index (κ3) is 5.47. The molecule has 0 spiro atoms. The highest BCUT2D eigenvalue weighted by molar-refractivity contribution is 8.13. The molecule has 0 aliphatic heterocycles. The molecule has 1 aromatic carbocycles. The molecule has 5 heteroatoms. The standard InChI is InChI=1S/C16H21N3OS/c1-12(18-13-8-6-5-7-9-13)15(16(17)21-4)14(20)10-11-19(2)3/h5-11,17,20H,1-4H3/p-1/b11-10+,15-14?,17-16?,18-12?. The normalized spacial score (nSPS) is 13.2. The van der Waals surface area contributed by atoms with E-state index in [4.69, 9.17) is 5.41 Å². The Labute approximate surface area is 130 Å². The van der Waals surface area contributed by atoms with Gasteiger partial charge < -0.3 is 10.0 Å². The summed E-state index contributed by atoms with van der Waals surface area (Å²) < 4.78 is 0. The van der Waals surface area contributed by atoms with E-state index in [2.05, 4.69) is 4.99 Å². The SMILES string of the molecule is CSC(=N)C(C(C)=Nc1ccccc1)=C([O-])/C=C/N(C)C. The van der Waals surface area contributed by atoms with Crippen LogP contribution in [0.5, 0.6) is 0 Å². The van der Waals surface area contributed by atoms with E-state index in [0.717, 1.165) is 5.69 Å². The van der Waals surface area contributed by atoms with Crippen molar-refractivity contribution in [3.63, 3.8) is 0 Å². The average molecular weight is 302 g/mol. The fraction of sp³-hybridized carbons (Fsp3) is 0.250. The smallest absolute Gasteiger partial charge is 0.0951 e. The third-order valence-electron chi connectivity index (χ3n) is 2.62. The molecule has 112 valence electrons. The Kier molecular flexibility index (Phi) is 6.75. The lowest BCUT2D eigenvalue weighted by Gasteiger charge is -2.17. The Bertz CT molecular complexity index is 574. The first kappa shape index (κ1) is 17.0. The number of thioether (sulfide) groups is 1. The molecule has 1 rings (SSSR count). The molecule has 0 bridgehead atoms. The van der Waals surface area contributed by atoms with Crippen molar-refractivity contribution in [1.82, 2.24) is 4.90 Å². The summed E-state index contributed by atoms with van der Waals surface area (Å²) in [5.74, 6) is -0.208. The maximum Gasteiger partial charge on any atom is 0.0951 e. The molecule has 4 nitrogen and oxygen atoms in total. The number of hydrogen-bond acceptors (Lipinski definition) is 5. The van der Waals surface area contributed by atoms with Crippen molar-refractivity contribution in [2.24, 2.45) is 4.99 Å². The molecule has 0 fully saturated rings. The molecular formula is C16H20N3OS-. The van der Waals surface area contributed by atoms with Gasteiger partial charge in [-0.2, -0.15) is 0 Å². The molecule has 0 aromatic heterocycles. The van der Waals surface area contributed by atoms with E-state index in [1.54, 1.807) is 24.3 Å². The quantitative estimate of drug-likeness (QED) is 0.394. The first-order valence-corrected chi connectivity index (χ1v) is 7.67. The van der Waals surface area contributed by atoms with Crippen molar-refractivity contribution in [1.29, 1.82) is 5.41 Å². The van der Waals surface area contributed by atoms with E-state index in [9.17, 15) is 5.11 Å². The molecule has 0 atom stereocenters. The highest BCUT2D eigenvalue weighted by Crippen LogP contribution is 2.18. The van der Waals surface area contributed by atoms with Gasteiger partial charge in [0.1, 0.15) is 0 Å². The molecule has 0 unspecified atom stereocenters. The van der Waals surface area contributed by atoms with Gasteiger partial charge in [-0.25, -0.2) is 0 Å². The molecule has 0 aliphatic carbocycles. The predicted octanol–water partition coefficient (Wildman–Crippen LogP) is 2.81. The number of nitrogens with one attached hydrogen (secondary N) is 1. The van der Waals surface area contributed by atoms with Gasteiger partial charge in [-0.05, 0) is 31.5 Å². The van der Waals surface area contributed by atoms with Crippen LogP contribution in [0.1, 0.15) is 6.92 Å². The van der Waals surface area contributed by atoms with E-state index in [-0.39, 0.29) is 10.8 Å². The van der Waals surface area contributed by atoms with E-state index in [1.165, 1.54) is 17.8 Å². The van der Waals surface area contributed by atoms with Crippen LogP contribution in [0.4, 0.5) is 5.69 Å². The zero-order valence-electron chi connectivity index (χ0n) is 12.8. The van der Waals surface area contributed by atoms with Gasteiger partial charge in [-0.3, -0.25) is 10.4 Å². The van der Waals surface area contributed by atoms with Crippen LogP contribution in [0.2, 0.25) is 0 Å². The van der Waals surface area contributed by atoms with Gasteiger partial charge in [0.2, 0.25) is 0 Å². The second-order valence-electron chi connectivity index (χ2n) is 4.58. The summed E-state index contributed by atoms with van der Waals surface area (Å²) in [6, 6.07) is 9.42. The molecule has 0 saturated heterocycles. The first-order chi connectivity index (χ1) is 9.95. The Morgan fingerprint density at radius 1 is 1.29 bits per heavy atom. The fourth-order valence-electron chi connectivity index (χ4n) is 1.61. The van der Waals surface area contributed by atoms with Crippen molar-refractivity contribution in [3.8, 4) is 0 Å². The summed E-state index contributed by atoms with van der Waals surface area (Å²) in [6.45, 7) is 1.76. The molecule has 1 N–H and O–H groups in total. The van der Waals surface area contributed by atoms with Crippen molar-refractivity contribution in [2.45, 2.75) is 6.92 Å². The van der Waals surface area contributed by atoms with Crippen molar-refractivity contribution >= 4 is 28.2 Å². The van der Waals surface area contributed by atoms with Gasteiger partial charge in [0, 0.05) is 25.4 Å². The van der Waals surface area contributed by atoms with E-state index >= 15 is 0 Å². The molecule has 0 saturated carbocycles. The highest BCUT2D eigenvalue weighted by Gasteiger charge is 2.09. The molecule has 21 heavy (non-hydrogen) atoms. The number of allylic oxidation sites excluding steroid dienone is 1. The van der Waals surface area contributed by atoms with E-state index in [0.29, 0.717) is 11.3 Å². The van der Waals surface area contributed by atoms with Crippen LogP contribution in [-0.4, -0.2) is 36.0 Å². The van der Waals surface area contributed by atoms with Gasteiger partial charge in [0.25, 0.3) is 0 Å². The number of nitrogens with zero attached hydrogens (tertiary/aromatic N) is 2. The van der Waals surface area contributed by atoms with Crippen LogP contribution in [0.15, 0.2) is 58.9 Å². The number of rotatable bonds is 5. The van der Waals surface area contributed by atoms with E-state index in [1.807, 2.05) is 44.4 Å². The minimum absolute atomic E-state index is 0.208. The predicted molar refractivity (Wildman–Crippen MR) is 90.3 cm³/mol. The fourth-order valence-corrected chi connectivity index (χ4v) is 2.06. The Hall–Kier alpha value is -2.01. The van der Waals surface area contributed by atoms with E-state index < -0.39 is 0 Å². The van der Waals surface area contributed by atoms with Crippen LogP contribution >= 0.6 is 11.8 Å². The summed E-state index contributed by atoms with van der Waals surface area (Å²) >= 11 is 1.23. The largest absolute Gasteiger partial charge is 0.872 e. The monoisotopic (exact) mass is 302 g/mol. The summed E-state index contributed by atoms with van der Waals surface area (Å²) in [7, 11) is 3.68. The molecule has 0 heterocycles. The molecule has 1 aromatic rings.